The van der Waals surface area contributed by atoms with Gasteiger partial charge in [0, 0.05) is 11.6 Å². The highest BCUT2D eigenvalue weighted by Gasteiger charge is 2.45. The summed E-state index contributed by atoms with van der Waals surface area (Å²) in [5.74, 6) is -3.12. The first kappa shape index (κ1) is 15.6. The fourth-order valence-corrected chi connectivity index (χ4v) is 2.91. The fraction of sp³-hybridized carbons (Fsp3) is 0.385. The van der Waals surface area contributed by atoms with Gasteiger partial charge in [0.25, 0.3) is 0 Å². The number of hydrogen-bond acceptors (Lipinski definition) is 2. The van der Waals surface area contributed by atoms with Gasteiger partial charge in [0.1, 0.15) is 0 Å². The molecule has 2 rings (SSSR count). The van der Waals surface area contributed by atoms with Gasteiger partial charge in [-0.25, -0.2) is 4.79 Å². The summed E-state index contributed by atoms with van der Waals surface area (Å²) in [5, 5.41) is 9.27. The Balaban J connectivity index is 2.49. The van der Waals surface area contributed by atoms with Gasteiger partial charge >= 0.3 is 18.1 Å². The Morgan fingerprint density at radius 1 is 1.38 bits per heavy atom. The van der Waals surface area contributed by atoms with E-state index in [1.165, 1.54) is 19.1 Å². The molecule has 21 heavy (non-hydrogen) atoms. The van der Waals surface area contributed by atoms with Crippen molar-refractivity contribution in [3.8, 4) is 0 Å². The lowest BCUT2D eigenvalue weighted by molar-refractivity contribution is -0.188. The third kappa shape index (κ3) is 2.70. The summed E-state index contributed by atoms with van der Waals surface area (Å²) in [6.07, 6.45) is -4.95. The van der Waals surface area contributed by atoms with E-state index in [1.54, 1.807) is 0 Å². The number of carboxylic acid groups (broad SMARTS) is 1. The zero-order valence-electron chi connectivity index (χ0n) is 10.9. The highest BCUT2D eigenvalue weighted by Crippen LogP contribution is 2.38. The van der Waals surface area contributed by atoms with Gasteiger partial charge in [0.2, 0.25) is 0 Å². The highest BCUT2D eigenvalue weighted by atomic mass is 35.5. The standard InChI is InChI=1S/C13H11ClF3NO3/c1-6-10-7(8(11(19)20)2-3-9(10)14)4-5-18(6)12(21)13(15,16)17/h2-3,6H,4-5H2,1H3,(H,19,20). The maximum Gasteiger partial charge on any atom is 0.471 e. The molecule has 1 aliphatic rings. The summed E-state index contributed by atoms with van der Waals surface area (Å²) >= 11 is 5.99. The molecule has 8 heteroatoms. The summed E-state index contributed by atoms with van der Waals surface area (Å²) in [4.78, 5) is 23.2. The smallest absolute Gasteiger partial charge is 0.471 e. The minimum Gasteiger partial charge on any atom is -0.478 e. The molecule has 4 nitrogen and oxygen atoms in total. The van der Waals surface area contributed by atoms with Crippen LogP contribution in [-0.2, 0) is 11.2 Å². The van der Waals surface area contributed by atoms with Crippen molar-refractivity contribution in [2.45, 2.75) is 25.6 Å². The number of benzene rings is 1. The zero-order chi connectivity index (χ0) is 15.9. The van der Waals surface area contributed by atoms with Crippen LogP contribution in [0.1, 0.15) is 34.5 Å². The van der Waals surface area contributed by atoms with E-state index in [0.29, 0.717) is 10.5 Å². The van der Waals surface area contributed by atoms with Crippen LogP contribution in [0.4, 0.5) is 13.2 Å². The number of amides is 1. The number of aromatic carboxylic acids is 1. The van der Waals surface area contributed by atoms with Crippen molar-refractivity contribution in [1.29, 1.82) is 0 Å². The van der Waals surface area contributed by atoms with Crippen LogP contribution in [0.2, 0.25) is 5.02 Å². The molecule has 1 aromatic rings. The van der Waals surface area contributed by atoms with Crippen molar-refractivity contribution in [3.05, 3.63) is 33.8 Å². The third-order valence-electron chi connectivity index (χ3n) is 3.53. The molecule has 1 amide bonds. The molecule has 1 N–H and O–H groups in total. The maximum atomic E-state index is 12.6. The molecular formula is C13H11ClF3NO3. The molecule has 0 aliphatic carbocycles. The summed E-state index contributed by atoms with van der Waals surface area (Å²) in [6.45, 7) is 1.20. The molecule has 1 heterocycles. The molecule has 1 unspecified atom stereocenters. The molecule has 0 fully saturated rings. The van der Waals surface area contributed by atoms with E-state index in [0.717, 1.165) is 0 Å². The number of carbonyl (C=O) groups excluding carboxylic acids is 1. The monoisotopic (exact) mass is 321 g/mol. The zero-order valence-corrected chi connectivity index (χ0v) is 11.6. The SMILES string of the molecule is CC1c2c(Cl)ccc(C(=O)O)c2CCN1C(=O)C(F)(F)F. The topological polar surface area (TPSA) is 57.6 Å². The van der Waals surface area contributed by atoms with Crippen LogP contribution >= 0.6 is 11.6 Å². The normalized spacial score (nSPS) is 18.3. The van der Waals surface area contributed by atoms with E-state index in [1.807, 2.05) is 0 Å². The predicted octanol–water partition coefficient (Wildman–Crippen LogP) is 3.05. The van der Waals surface area contributed by atoms with Crippen molar-refractivity contribution >= 4 is 23.5 Å². The first-order valence-corrected chi connectivity index (χ1v) is 6.44. The average molecular weight is 322 g/mol. The number of hydrogen-bond donors (Lipinski definition) is 1. The van der Waals surface area contributed by atoms with Crippen LogP contribution in [0, 0.1) is 0 Å². The predicted molar refractivity (Wildman–Crippen MR) is 68.3 cm³/mol. The van der Waals surface area contributed by atoms with Crippen LogP contribution < -0.4 is 0 Å². The summed E-state index contributed by atoms with van der Waals surface area (Å²) in [7, 11) is 0. The number of rotatable bonds is 1. The summed E-state index contributed by atoms with van der Waals surface area (Å²) in [5.41, 5.74) is 0.648. The van der Waals surface area contributed by atoms with E-state index in [4.69, 9.17) is 16.7 Å². The highest BCUT2D eigenvalue weighted by molar-refractivity contribution is 6.31. The van der Waals surface area contributed by atoms with Gasteiger partial charge in [-0.3, -0.25) is 4.79 Å². The van der Waals surface area contributed by atoms with E-state index in [9.17, 15) is 22.8 Å². The summed E-state index contributed by atoms with van der Waals surface area (Å²) in [6, 6.07) is 1.70. The van der Waals surface area contributed by atoms with Crippen molar-refractivity contribution in [2.75, 3.05) is 6.54 Å². The van der Waals surface area contributed by atoms with E-state index in [2.05, 4.69) is 0 Å². The van der Waals surface area contributed by atoms with Crippen LogP contribution in [0.5, 0.6) is 0 Å². The number of fused-ring (bicyclic) bond motifs is 1. The number of alkyl halides is 3. The van der Waals surface area contributed by atoms with Gasteiger partial charge in [-0.2, -0.15) is 13.2 Å². The molecule has 0 spiro atoms. The first-order chi connectivity index (χ1) is 9.64. The second-order valence-electron chi connectivity index (χ2n) is 4.71. The molecule has 0 radical (unpaired) electrons. The minimum absolute atomic E-state index is 0.000331. The maximum absolute atomic E-state index is 12.6. The van der Waals surface area contributed by atoms with Crippen LogP contribution in [0.3, 0.4) is 0 Å². The second kappa shape index (κ2) is 5.22. The van der Waals surface area contributed by atoms with Crippen LogP contribution in [0.25, 0.3) is 0 Å². The Kier molecular flexibility index (Phi) is 3.88. The Bertz CT molecular complexity index is 615. The van der Waals surface area contributed by atoms with Gasteiger partial charge in [0.05, 0.1) is 11.6 Å². The molecular weight excluding hydrogens is 311 g/mol. The van der Waals surface area contributed by atoms with Crippen molar-refractivity contribution in [1.82, 2.24) is 4.90 Å². The van der Waals surface area contributed by atoms with Crippen molar-refractivity contribution < 1.29 is 27.9 Å². The van der Waals surface area contributed by atoms with Crippen molar-refractivity contribution in [2.24, 2.45) is 0 Å². The molecule has 0 saturated heterocycles. The Morgan fingerprint density at radius 2 is 2.00 bits per heavy atom. The summed E-state index contributed by atoms with van der Waals surface area (Å²) < 4.78 is 37.7. The van der Waals surface area contributed by atoms with E-state index < -0.39 is 24.1 Å². The largest absolute Gasteiger partial charge is 0.478 e. The van der Waals surface area contributed by atoms with Gasteiger partial charge < -0.3 is 10.0 Å². The lowest BCUT2D eigenvalue weighted by atomic mass is 9.89. The Labute approximate surface area is 123 Å². The average Bonchev–Trinajstić information content (AvgIpc) is 2.37. The van der Waals surface area contributed by atoms with Gasteiger partial charge in [-0.15, -0.1) is 0 Å². The molecule has 0 aromatic heterocycles. The molecule has 1 atom stereocenters. The number of carbonyl (C=O) groups is 2. The molecule has 0 bridgehead atoms. The van der Waals surface area contributed by atoms with Gasteiger partial charge in [-0.05, 0) is 36.6 Å². The number of nitrogens with zero attached hydrogens (tertiary/aromatic N) is 1. The molecule has 1 aromatic carbocycles. The van der Waals surface area contributed by atoms with Crippen LogP contribution in [-0.4, -0.2) is 34.6 Å². The van der Waals surface area contributed by atoms with E-state index >= 15 is 0 Å². The molecule has 1 aliphatic heterocycles. The molecule has 0 saturated carbocycles. The van der Waals surface area contributed by atoms with Gasteiger partial charge in [-0.1, -0.05) is 11.6 Å². The van der Waals surface area contributed by atoms with E-state index in [-0.39, 0.29) is 29.1 Å². The minimum atomic E-state index is -4.97. The Morgan fingerprint density at radius 3 is 2.52 bits per heavy atom. The Hall–Kier alpha value is -1.76. The lowest BCUT2D eigenvalue weighted by Gasteiger charge is -2.36. The lowest BCUT2D eigenvalue weighted by Crippen LogP contribution is -2.46. The number of halogens is 4. The number of carboxylic acids is 1. The van der Waals surface area contributed by atoms with Crippen molar-refractivity contribution in [3.63, 3.8) is 0 Å². The van der Waals surface area contributed by atoms with Crippen LogP contribution in [0.15, 0.2) is 12.1 Å². The quantitative estimate of drug-likeness (QED) is 0.865. The third-order valence-corrected chi connectivity index (χ3v) is 3.86. The fourth-order valence-electron chi connectivity index (χ4n) is 2.58. The van der Waals surface area contributed by atoms with Gasteiger partial charge in [0.15, 0.2) is 0 Å². The molecule has 114 valence electrons. The first-order valence-electron chi connectivity index (χ1n) is 6.07. The second-order valence-corrected chi connectivity index (χ2v) is 5.12.